The van der Waals surface area contributed by atoms with Gasteiger partial charge in [0.1, 0.15) is 15.8 Å². The van der Waals surface area contributed by atoms with E-state index in [4.69, 9.17) is 16.6 Å². The Morgan fingerprint density at radius 1 is 1.31 bits per heavy atom. The fourth-order valence-corrected chi connectivity index (χ4v) is 3.99. The predicted octanol–water partition coefficient (Wildman–Crippen LogP) is 4.69. The van der Waals surface area contributed by atoms with E-state index in [0.29, 0.717) is 32.9 Å². The van der Waals surface area contributed by atoms with E-state index < -0.39 is 4.92 Å². The van der Waals surface area contributed by atoms with Gasteiger partial charge < -0.3 is 4.42 Å². The maximum Gasteiger partial charge on any atom is 0.280 e. The largest absolute Gasteiger partial charge is 0.456 e. The van der Waals surface area contributed by atoms with E-state index in [1.807, 2.05) is 20.8 Å². The van der Waals surface area contributed by atoms with Crippen LogP contribution in [0.2, 0.25) is 0 Å². The monoisotopic (exact) mass is 388 g/mol. The third kappa shape index (κ3) is 3.30. The molecule has 6 nitrogen and oxygen atoms in total. The minimum absolute atomic E-state index is 0.00805. The summed E-state index contributed by atoms with van der Waals surface area (Å²) in [7, 11) is 0. The molecule has 1 aliphatic heterocycles. The van der Waals surface area contributed by atoms with Crippen LogP contribution in [0.25, 0.3) is 17.4 Å². The van der Waals surface area contributed by atoms with Gasteiger partial charge in [0.2, 0.25) is 0 Å². The summed E-state index contributed by atoms with van der Waals surface area (Å²) in [6.07, 6.45) is 1.62. The Labute approximate surface area is 160 Å². The molecule has 8 heteroatoms. The highest BCUT2D eigenvalue weighted by atomic mass is 32.2. The van der Waals surface area contributed by atoms with Crippen molar-refractivity contribution in [3.63, 3.8) is 0 Å². The number of benzene rings is 1. The highest BCUT2D eigenvalue weighted by Crippen LogP contribution is 2.36. The number of hydrogen-bond acceptors (Lipinski definition) is 6. The zero-order valence-corrected chi connectivity index (χ0v) is 16.1. The highest BCUT2D eigenvalue weighted by Gasteiger charge is 2.31. The van der Waals surface area contributed by atoms with Crippen molar-refractivity contribution in [2.75, 3.05) is 6.54 Å². The van der Waals surface area contributed by atoms with Crippen LogP contribution in [0.3, 0.4) is 0 Å². The molecule has 1 amide bonds. The van der Waals surface area contributed by atoms with Gasteiger partial charge in [0.25, 0.3) is 11.6 Å². The number of rotatable bonds is 4. The summed E-state index contributed by atoms with van der Waals surface area (Å²) < 4.78 is 6.28. The van der Waals surface area contributed by atoms with Crippen molar-refractivity contribution in [3.05, 3.63) is 56.2 Å². The number of hydrogen-bond donors (Lipinski definition) is 0. The second-order valence-electron chi connectivity index (χ2n) is 5.84. The fourth-order valence-electron chi connectivity index (χ4n) is 2.63. The average molecular weight is 388 g/mol. The van der Waals surface area contributed by atoms with Crippen molar-refractivity contribution < 1.29 is 14.1 Å². The summed E-state index contributed by atoms with van der Waals surface area (Å²) in [6, 6.07) is 6.64. The number of thioether (sulfide) groups is 1. The Hall–Kier alpha value is -2.45. The molecule has 3 rings (SSSR count). The lowest BCUT2D eigenvalue weighted by Gasteiger charge is -2.09. The van der Waals surface area contributed by atoms with Gasteiger partial charge in [-0.05, 0) is 50.1 Å². The first-order valence-electron chi connectivity index (χ1n) is 7.93. The summed E-state index contributed by atoms with van der Waals surface area (Å²) in [5, 5.41) is 11.4. The molecule has 0 spiro atoms. The number of furan rings is 1. The molecule has 0 bridgehead atoms. The summed E-state index contributed by atoms with van der Waals surface area (Å²) in [5.41, 5.74) is 2.19. The minimum Gasteiger partial charge on any atom is -0.456 e. The second kappa shape index (κ2) is 7.05. The highest BCUT2D eigenvalue weighted by molar-refractivity contribution is 8.26. The lowest BCUT2D eigenvalue weighted by Crippen LogP contribution is -2.27. The molecular weight excluding hydrogens is 372 g/mol. The van der Waals surface area contributed by atoms with Crippen LogP contribution in [0.4, 0.5) is 5.69 Å². The Balaban J connectivity index is 1.98. The average Bonchev–Trinajstić information content (AvgIpc) is 3.14. The molecule has 1 aliphatic rings. The topological polar surface area (TPSA) is 76.6 Å². The molecule has 2 aromatic rings. The van der Waals surface area contributed by atoms with Gasteiger partial charge in [0.15, 0.2) is 0 Å². The SMILES string of the molecule is CCN1C(=O)/C(=C\c2ccc(-c3cc(C)c(C)cc3[N+](=O)[O-])o2)SC1=S. The van der Waals surface area contributed by atoms with Gasteiger partial charge in [-0.3, -0.25) is 19.8 Å². The van der Waals surface area contributed by atoms with Crippen LogP contribution in [-0.4, -0.2) is 26.6 Å². The molecule has 0 unspecified atom stereocenters. The third-order valence-corrected chi connectivity index (χ3v) is 5.54. The molecule has 0 radical (unpaired) electrons. The van der Waals surface area contributed by atoms with Crippen LogP contribution >= 0.6 is 24.0 Å². The normalized spacial score (nSPS) is 16.0. The summed E-state index contributed by atoms with van der Waals surface area (Å²) in [6.45, 7) is 6.09. The number of nitro groups is 1. The van der Waals surface area contributed by atoms with Crippen LogP contribution in [-0.2, 0) is 4.79 Å². The van der Waals surface area contributed by atoms with Gasteiger partial charge in [-0.25, -0.2) is 0 Å². The van der Waals surface area contributed by atoms with Gasteiger partial charge in [-0.1, -0.05) is 24.0 Å². The number of carbonyl (C=O) groups excluding carboxylic acids is 1. The Morgan fingerprint density at radius 3 is 2.62 bits per heavy atom. The molecule has 1 aromatic heterocycles. The number of nitro benzene ring substituents is 1. The number of aryl methyl sites for hydroxylation is 2. The van der Waals surface area contributed by atoms with Crippen LogP contribution in [0.15, 0.2) is 33.6 Å². The molecular formula is C18H16N2O4S2. The van der Waals surface area contributed by atoms with Crippen LogP contribution in [0.5, 0.6) is 0 Å². The molecule has 1 aromatic carbocycles. The molecule has 0 aliphatic carbocycles. The number of thiocarbonyl (C=S) groups is 1. The van der Waals surface area contributed by atoms with Gasteiger partial charge in [-0.2, -0.15) is 0 Å². The molecule has 0 atom stereocenters. The summed E-state index contributed by atoms with van der Waals surface area (Å²) >= 11 is 6.41. The van der Waals surface area contributed by atoms with E-state index in [2.05, 4.69) is 0 Å². The first kappa shape index (κ1) is 18.3. The number of likely N-dealkylation sites (N-methyl/N-ethyl adjacent to an activating group) is 1. The van der Waals surface area contributed by atoms with Crippen molar-refractivity contribution in [2.24, 2.45) is 0 Å². The van der Waals surface area contributed by atoms with E-state index in [0.717, 1.165) is 11.1 Å². The Kier molecular flexibility index (Phi) is 4.97. The smallest absolute Gasteiger partial charge is 0.280 e. The molecule has 134 valence electrons. The van der Waals surface area contributed by atoms with Crippen LogP contribution < -0.4 is 0 Å². The lowest BCUT2D eigenvalue weighted by atomic mass is 10.0. The lowest BCUT2D eigenvalue weighted by molar-refractivity contribution is -0.384. The quantitative estimate of drug-likeness (QED) is 0.327. The van der Waals surface area contributed by atoms with E-state index in [9.17, 15) is 14.9 Å². The maximum atomic E-state index is 12.3. The Morgan fingerprint density at radius 2 is 2.00 bits per heavy atom. The summed E-state index contributed by atoms with van der Waals surface area (Å²) in [4.78, 5) is 25.2. The van der Waals surface area contributed by atoms with Gasteiger partial charge in [-0.15, -0.1) is 0 Å². The van der Waals surface area contributed by atoms with E-state index in [1.54, 1.807) is 30.3 Å². The molecule has 1 fully saturated rings. The summed E-state index contributed by atoms with van der Waals surface area (Å²) in [5.74, 6) is 0.679. The number of nitrogens with zero attached hydrogens (tertiary/aromatic N) is 2. The number of carbonyl (C=O) groups is 1. The van der Waals surface area contributed by atoms with Crippen LogP contribution in [0, 0.1) is 24.0 Å². The van der Waals surface area contributed by atoms with Gasteiger partial charge in [0.05, 0.1) is 15.4 Å². The first-order valence-corrected chi connectivity index (χ1v) is 9.15. The van der Waals surface area contributed by atoms with Crippen molar-refractivity contribution in [1.82, 2.24) is 4.90 Å². The van der Waals surface area contributed by atoms with Crippen molar-refractivity contribution in [2.45, 2.75) is 20.8 Å². The molecule has 0 N–H and O–H groups in total. The van der Waals surface area contributed by atoms with Gasteiger partial charge in [0, 0.05) is 18.7 Å². The molecule has 0 saturated carbocycles. The molecule has 26 heavy (non-hydrogen) atoms. The molecule has 2 heterocycles. The second-order valence-corrected chi connectivity index (χ2v) is 7.51. The Bertz CT molecular complexity index is 962. The van der Waals surface area contributed by atoms with E-state index in [1.165, 1.54) is 16.7 Å². The molecule has 1 saturated heterocycles. The van der Waals surface area contributed by atoms with E-state index in [-0.39, 0.29) is 11.6 Å². The number of amides is 1. The maximum absolute atomic E-state index is 12.3. The third-order valence-electron chi connectivity index (χ3n) is 4.16. The van der Waals surface area contributed by atoms with Crippen molar-refractivity contribution in [3.8, 4) is 11.3 Å². The van der Waals surface area contributed by atoms with E-state index >= 15 is 0 Å². The zero-order chi connectivity index (χ0) is 19.0. The van der Waals surface area contributed by atoms with Gasteiger partial charge >= 0.3 is 0 Å². The van der Waals surface area contributed by atoms with Crippen LogP contribution in [0.1, 0.15) is 23.8 Å². The first-order chi connectivity index (χ1) is 12.3. The van der Waals surface area contributed by atoms with Crippen molar-refractivity contribution in [1.29, 1.82) is 0 Å². The zero-order valence-electron chi connectivity index (χ0n) is 14.4. The fraction of sp³-hybridized carbons (Fsp3) is 0.222. The standard InChI is InChI=1S/C18H16N2O4S2/c1-4-19-17(21)16(26-18(19)25)9-12-5-6-15(24-12)13-7-10(2)11(3)8-14(13)20(22)23/h5-9H,4H2,1-3H3/b16-9+. The van der Waals surface area contributed by atoms with Crippen molar-refractivity contribution >= 4 is 46.0 Å². The predicted molar refractivity (Wildman–Crippen MR) is 106 cm³/mol. The minimum atomic E-state index is -0.420.